The molecule has 0 aromatic heterocycles. The van der Waals surface area contributed by atoms with Crippen LogP contribution < -0.4 is 5.73 Å². The lowest BCUT2D eigenvalue weighted by atomic mass is 10.1. The summed E-state index contributed by atoms with van der Waals surface area (Å²) in [6.45, 7) is -0.963. The van der Waals surface area contributed by atoms with E-state index < -0.39 is 37.1 Å². The largest absolute Gasteiger partial charge is 0.468 e. The van der Waals surface area contributed by atoms with Crippen LogP contribution in [0.3, 0.4) is 0 Å². The van der Waals surface area contributed by atoms with E-state index in [1.54, 1.807) is 0 Å². The molecule has 0 aliphatic heterocycles. The molecule has 2 N–H and O–H groups in total. The molecule has 0 spiro atoms. The van der Waals surface area contributed by atoms with Gasteiger partial charge in [0, 0.05) is 0 Å². The fourth-order valence-corrected chi connectivity index (χ4v) is 0.754. The first kappa shape index (κ1) is 15.1. The molecule has 0 saturated heterocycles. The van der Waals surface area contributed by atoms with E-state index in [1.165, 1.54) is 6.92 Å². The van der Waals surface area contributed by atoms with Crippen molar-refractivity contribution in [3.05, 3.63) is 0 Å². The third kappa shape index (κ3) is 4.31. The monoisotopic (exact) mass is 247 g/mol. The Morgan fingerprint density at radius 3 is 2.25 bits per heavy atom. The SMILES string of the molecule is COC(=O)C(C)(N)COCC(F)(F)C(F)F. The van der Waals surface area contributed by atoms with Crippen molar-refractivity contribution < 1.29 is 31.8 Å². The van der Waals surface area contributed by atoms with Crippen molar-refractivity contribution in [2.75, 3.05) is 20.3 Å². The first-order valence-corrected chi connectivity index (χ1v) is 4.24. The topological polar surface area (TPSA) is 61.5 Å². The van der Waals surface area contributed by atoms with Crippen LogP contribution in [-0.4, -0.2) is 44.2 Å². The second kappa shape index (κ2) is 5.44. The van der Waals surface area contributed by atoms with Crippen molar-refractivity contribution in [3.8, 4) is 0 Å². The Kier molecular flexibility index (Phi) is 5.14. The van der Waals surface area contributed by atoms with Crippen molar-refractivity contribution in [2.24, 2.45) is 5.73 Å². The highest BCUT2D eigenvalue weighted by Crippen LogP contribution is 2.23. The number of ether oxygens (including phenoxy) is 2. The zero-order chi connectivity index (χ0) is 13.0. The minimum Gasteiger partial charge on any atom is -0.468 e. The van der Waals surface area contributed by atoms with Crippen LogP contribution in [0.25, 0.3) is 0 Å². The Morgan fingerprint density at radius 1 is 1.38 bits per heavy atom. The zero-order valence-electron chi connectivity index (χ0n) is 8.81. The van der Waals surface area contributed by atoms with Crippen LogP contribution >= 0.6 is 0 Å². The van der Waals surface area contributed by atoms with Crippen LogP contribution in [0.4, 0.5) is 17.6 Å². The smallest absolute Gasteiger partial charge is 0.330 e. The molecule has 0 saturated carbocycles. The molecule has 0 aromatic rings. The molecule has 0 amide bonds. The zero-order valence-corrected chi connectivity index (χ0v) is 8.81. The molecule has 16 heavy (non-hydrogen) atoms. The van der Waals surface area contributed by atoms with Crippen molar-refractivity contribution >= 4 is 5.97 Å². The van der Waals surface area contributed by atoms with Crippen molar-refractivity contribution in [2.45, 2.75) is 24.8 Å². The minimum atomic E-state index is -4.26. The highest BCUT2D eigenvalue weighted by atomic mass is 19.3. The minimum absolute atomic E-state index is 0.637. The molecule has 0 heterocycles. The van der Waals surface area contributed by atoms with E-state index in [2.05, 4.69) is 9.47 Å². The number of hydrogen-bond acceptors (Lipinski definition) is 4. The van der Waals surface area contributed by atoms with E-state index in [0.717, 1.165) is 7.11 Å². The maximum Gasteiger partial charge on any atom is 0.330 e. The molecule has 0 aliphatic rings. The van der Waals surface area contributed by atoms with Crippen LogP contribution in [0.15, 0.2) is 0 Å². The molecule has 0 aromatic carbocycles. The van der Waals surface area contributed by atoms with Crippen molar-refractivity contribution in [1.82, 2.24) is 0 Å². The fourth-order valence-electron chi connectivity index (χ4n) is 0.754. The van der Waals surface area contributed by atoms with Gasteiger partial charge in [0.25, 0.3) is 0 Å². The van der Waals surface area contributed by atoms with Gasteiger partial charge in [-0.2, -0.15) is 8.78 Å². The van der Waals surface area contributed by atoms with Crippen molar-refractivity contribution in [1.29, 1.82) is 0 Å². The van der Waals surface area contributed by atoms with Crippen LogP contribution in [0.2, 0.25) is 0 Å². The Bertz CT molecular complexity index is 245. The molecule has 0 fully saturated rings. The van der Waals surface area contributed by atoms with E-state index >= 15 is 0 Å². The Balaban J connectivity index is 4.13. The maximum atomic E-state index is 12.4. The summed E-state index contributed by atoms with van der Waals surface area (Å²) in [5, 5.41) is 0. The normalized spacial score (nSPS) is 16.0. The fraction of sp³-hybridized carbons (Fsp3) is 0.875. The predicted octanol–water partition coefficient (Wildman–Crippen LogP) is 0.794. The first-order chi connectivity index (χ1) is 7.13. The summed E-state index contributed by atoms with van der Waals surface area (Å²) >= 11 is 0. The van der Waals surface area contributed by atoms with Gasteiger partial charge in [0.15, 0.2) is 0 Å². The summed E-state index contributed by atoms with van der Waals surface area (Å²) in [5.74, 6) is -5.14. The third-order valence-electron chi connectivity index (χ3n) is 1.67. The Hall–Kier alpha value is -0.890. The number of nitrogens with two attached hydrogens (primary N) is 1. The number of esters is 1. The van der Waals surface area contributed by atoms with Crippen LogP contribution in [-0.2, 0) is 14.3 Å². The van der Waals surface area contributed by atoms with E-state index in [9.17, 15) is 22.4 Å². The first-order valence-electron chi connectivity index (χ1n) is 4.24. The van der Waals surface area contributed by atoms with Gasteiger partial charge in [-0.25, -0.2) is 13.6 Å². The maximum absolute atomic E-state index is 12.4. The number of carbonyl (C=O) groups is 1. The van der Waals surface area contributed by atoms with Gasteiger partial charge in [-0.05, 0) is 6.92 Å². The molecule has 0 rings (SSSR count). The number of rotatable bonds is 6. The van der Waals surface area contributed by atoms with Gasteiger partial charge in [0.1, 0.15) is 12.1 Å². The van der Waals surface area contributed by atoms with Crippen LogP contribution in [0.1, 0.15) is 6.92 Å². The van der Waals surface area contributed by atoms with E-state index in [4.69, 9.17) is 5.73 Å². The van der Waals surface area contributed by atoms with Gasteiger partial charge in [-0.3, -0.25) is 0 Å². The molecule has 0 bridgehead atoms. The number of alkyl halides is 4. The number of hydrogen-bond donors (Lipinski definition) is 1. The quantitative estimate of drug-likeness (QED) is 0.557. The Labute approximate surface area is 89.7 Å². The highest BCUT2D eigenvalue weighted by Gasteiger charge is 2.42. The van der Waals surface area contributed by atoms with Crippen LogP contribution in [0, 0.1) is 0 Å². The van der Waals surface area contributed by atoms with E-state index in [-0.39, 0.29) is 0 Å². The van der Waals surface area contributed by atoms with Gasteiger partial charge >= 0.3 is 18.3 Å². The summed E-state index contributed by atoms with van der Waals surface area (Å²) in [4.78, 5) is 11.0. The Morgan fingerprint density at radius 2 is 1.88 bits per heavy atom. The number of halogens is 4. The molecular weight excluding hydrogens is 234 g/mol. The summed E-state index contributed by atoms with van der Waals surface area (Å²) in [5.41, 5.74) is 3.70. The summed E-state index contributed by atoms with van der Waals surface area (Å²) < 4.78 is 56.7. The second-order valence-electron chi connectivity index (χ2n) is 3.46. The highest BCUT2D eigenvalue weighted by molar-refractivity contribution is 5.80. The molecule has 8 heteroatoms. The summed E-state index contributed by atoms with van der Waals surface area (Å²) in [6.07, 6.45) is -3.82. The van der Waals surface area contributed by atoms with Gasteiger partial charge in [0.05, 0.1) is 13.7 Å². The molecule has 4 nitrogen and oxygen atoms in total. The van der Waals surface area contributed by atoms with Crippen LogP contribution in [0.5, 0.6) is 0 Å². The summed E-state index contributed by atoms with van der Waals surface area (Å²) in [6, 6.07) is 0. The molecular formula is C8H13F4NO3. The standard InChI is InChI=1S/C8H13F4NO3/c1-7(13,6(14)15-2)3-16-4-8(11,12)5(9)10/h5H,3-4,13H2,1-2H3. The molecule has 1 atom stereocenters. The van der Waals surface area contributed by atoms with Gasteiger partial charge in [-0.15, -0.1) is 0 Å². The number of methoxy groups -OCH3 is 1. The average molecular weight is 247 g/mol. The number of carbonyl (C=O) groups excluding carboxylic acids is 1. The lowest BCUT2D eigenvalue weighted by molar-refractivity contribution is -0.173. The van der Waals surface area contributed by atoms with Gasteiger partial charge < -0.3 is 15.2 Å². The average Bonchev–Trinajstić information content (AvgIpc) is 2.15. The van der Waals surface area contributed by atoms with Crippen molar-refractivity contribution in [3.63, 3.8) is 0 Å². The third-order valence-corrected chi connectivity index (χ3v) is 1.67. The molecule has 0 radical (unpaired) electrons. The molecule has 1 unspecified atom stereocenters. The molecule has 96 valence electrons. The predicted molar refractivity (Wildman–Crippen MR) is 46.4 cm³/mol. The van der Waals surface area contributed by atoms with E-state index in [0.29, 0.717) is 0 Å². The van der Waals surface area contributed by atoms with Gasteiger partial charge in [-0.1, -0.05) is 0 Å². The molecule has 0 aliphatic carbocycles. The second-order valence-corrected chi connectivity index (χ2v) is 3.46. The lowest BCUT2D eigenvalue weighted by Gasteiger charge is -2.23. The summed E-state index contributed by atoms with van der Waals surface area (Å²) in [7, 11) is 1.06. The lowest BCUT2D eigenvalue weighted by Crippen LogP contribution is -2.50. The van der Waals surface area contributed by atoms with E-state index in [1.807, 2.05) is 0 Å². The van der Waals surface area contributed by atoms with Gasteiger partial charge in [0.2, 0.25) is 0 Å².